The van der Waals surface area contributed by atoms with Crippen LogP contribution in [0.15, 0.2) is 47.4 Å². The van der Waals surface area contributed by atoms with E-state index in [1.807, 2.05) is 24.8 Å². The fourth-order valence-corrected chi connectivity index (χ4v) is 4.82. The zero-order chi connectivity index (χ0) is 15.4. The second-order valence-electron chi connectivity index (χ2n) is 6.33. The maximum Gasteiger partial charge on any atom is 0.312 e. The van der Waals surface area contributed by atoms with E-state index in [9.17, 15) is 4.79 Å². The summed E-state index contributed by atoms with van der Waals surface area (Å²) in [4.78, 5) is 13.9. The predicted octanol–water partition coefficient (Wildman–Crippen LogP) is 4.70. The van der Waals surface area contributed by atoms with Crippen molar-refractivity contribution in [2.75, 3.05) is 12.4 Å². The summed E-state index contributed by atoms with van der Waals surface area (Å²) in [5.74, 6) is 2.10. The van der Waals surface area contributed by atoms with Gasteiger partial charge in [0.1, 0.15) is 0 Å². The zero-order valence-electron chi connectivity index (χ0n) is 13.2. The number of allylic oxidation sites excluding steroid dienone is 2. The minimum absolute atomic E-state index is 0.0385. The summed E-state index contributed by atoms with van der Waals surface area (Å²) in [5, 5.41) is 0. The van der Waals surface area contributed by atoms with E-state index in [1.54, 1.807) is 0 Å². The van der Waals surface area contributed by atoms with Crippen LogP contribution in [0.5, 0.6) is 0 Å². The SMILES string of the molecule is CCOC(=O)[C@@]1(CCCSc2ccccc2)C[C@H]2C=C[C@@H]1C2. The Bertz CT molecular complexity index is 540. The molecule has 2 aliphatic rings. The van der Waals surface area contributed by atoms with E-state index in [-0.39, 0.29) is 11.4 Å². The number of thioether (sulfide) groups is 1. The average Bonchev–Trinajstić information content (AvgIpc) is 3.14. The smallest absolute Gasteiger partial charge is 0.312 e. The fraction of sp³-hybridized carbons (Fsp3) is 0.526. The molecule has 0 unspecified atom stereocenters. The van der Waals surface area contributed by atoms with E-state index in [4.69, 9.17) is 4.74 Å². The molecule has 118 valence electrons. The van der Waals surface area contributed by atoms with Gasteiger partial charge in [-0.3, -0.25) is 4.79 Å². The molecule has 2 aliphatic carbocycles. The molecule has 1 saturated carbocycles. The Morgan fingerprint density at radius 3 is 2.77 bits per heavy atom. The lowest BCUT2D eigenvalue weighted by Crippen LogP contribution is -2.37. The number of benzene rings is 1. The number of fused-ring (bicyclic) bond motifs is 2. The largest absolute Gasteiger partial charge is 0.466 e. The molecule has 3 heteroatoms. The molecule has 0 radical (unpaired) electrons. The highest BCUT2D eigenvalue weighted by Gasteiger charge is 2.53. The van der Waals surface area contributed by atoms with Gasteiger partial charge in [0.2, 0.25) is 0 Å². The second kappa shape index (κ2) is 6.91. The topological polar surface area (TPSA) is 26.3 Å². The van der Waals surface area contributed by atoms with Crippen LogP contribution in [0.25, 0.3) is 0 Å². The van der Waals surface area contributed by atoms with Gasteiger partial charge in [0.15, 0.2) is 0 Å². The molecule has 0 spiro atoms. The van der Waals surface area contributed by atoms with Crippen molar-refractivity contribution in [3.63, 3.8) is 0 Å². The van der Waals surface area contributed by atoms with Gasteiger partial charge < -0.3 is 4.74 Å². The summed E-state index contributed by atoms with van der Waals surface area (Å²) in [6, 6.07) is 10.5. The summed E-state index contributed by atoms with van der Waals surface area (Å²) in [6.45, 7) is 2.39. The highest BCUT2D eigenvalue weighted by atomic mass is 32.2. The van der Waals surface area contributed by atoms with Gasteiger partial charge in [0.25, 0.3) is 0 Å². The summed E-state index contributed by atoms with van der Waals surface area (Å²) in [7, 11) is 0. The second-order valence-corrected chi connectivity index (χ2v) is 7.50. The van der Waals surface area contributed by atoms with Crippen LogP contribution in [0.2, 0.25) is 0 Å². The monoisotopic (exact) mass is 316 g/mol. The highest BCUT2D eigenvalue weighted by molar-refractivity contribution is 7.99. The summed E-state index contributed by atoms with van der Waals surface area (Å²) >= 11 is 1.88. The molecule has 0 amide bonds. The normalized spacial score (nSPS) is 29.0. The minimum atomic E-state index is -0.243. The van der Waals surface area contributed by atoms with Crippen LogP contribution < -0.4 is 0 Å². The first-order valence-corrected chi connectivity index (χ1v) is 9.26. The van der Waals surface area contributed by atoms with E-state index in [2.05, 4.69) is 36.4 Å². The van der Waals surface area contributed by atoms with E-state index < -0.39 is 0 Å². The fourth-order valence-electron chi connectivity index (χ4n) is 3.95. The lowest BCUT2D eigenvalue weighted by molar-refractivity contribution is -0.157. The average molecular weight is 316 g/mol. The molecular weight excluding hydrogens is 292 g/mol. The lowest BCUT2D eigenvalue weighted by Gasteiger charge is -2.33. The van der Waals surface area contributed by atoms with Crippen molar-refractivity contribution < 1.29 is 9.53 Å². The highest BCUT2D eigenvalue weighted by Crippen LogP contribution is 2.55. The molecule has 1 fully saturated rings. The number of hydrogen-bond acceptors (Lipinski definition) is 3. The first-order valence-electron chi connectivity index (χ1n) is 8.28. The molecule has 0 heterocycles. The number of esters is 1. The molecule has 1 aromatic carbocycles. The molecule has 22 heavy (non-hydrogen) atoms. The van der Waals surface area contributed by atoms with Crippen molar-refractivity contribution in [2.45, 2.75) is 37.5 Å². The summed E-state index contributed by atoms with van der Waals surface area (Å²) in [5.41, 5.74) is -0.243. The third kappa shape index (κ3) is 3.10. The molecule has 0 N–H and O–H groups in total. The molecular formula is C19H24O2S. The first kappa shape index (κ1) is 15.7. The molecule has 0 aliphatic heterocycles. The number of rotatable bonds is 7. The van der Waals surface area contributed by atoms with E-state index >= 15 is 0 Å². The number of carbonyl (C=O) groups is 1. The molecule has 3 atom stereocenters. The van der Waals surface area contributed by atoms with Gasteiger partial charge in [0.05, 0.1) is 12.0 Å². The summed E-state index contributed by atoms with van der Waals surface area (Å²) in [6.07, 6.45) is 8.70. The van der Waals surface area contributed by atoms with Crippen molar-refractivity contribution in [1.29, 1.82) is 0 Å². The molecule has 2 nitrogen and oxygen atoms in total. The van der Waals surface area contributed by atoms with Crippen LogP contribution in [0, 0.1) is 17.3 Å². The predicted molar refractivity (Wildman–Crippen MR) is 90.8 cm³/mol. The molecule has 1 aromatic rings. The molecule has 2 bridgehead atoms. The first-order chi connectivity index (χ1) is 10.7. The Morgan fingerprint density at radius 2 is 2.14 bits per heavy atom. The van der Waals surface area contributed by atoms with Crippen LogP contribution in [0.3, 0.4) is 0 Å². The Morgan fingerprint density at radius 1 is 1.32 bits per heavy atom. The van der Waals surface area contributed by atoms with Crippen LogP contribution >= 0.6 is 11.8 Å². The maximum absolute atomic E-state index is 12.6. The molecule has 3 rings (SSSR count). The minimum Gasteiger partial charge on any atom is -0.466 e. The third-order valence-electron chi connectivity index (χ3n) is 4.97. The van der Waals surface area contributed by atoms with Gasteiger partial charge >= 0.3 is 5.97 Å². The Hall–Kier alpha value is -1.22. The van der Waals surface area contributed by atoms with Crippen LogP contribution in [-0.4, -0.2) is 18.3 Å². The van der Waals surface area contributed by atoms with Gasteiger partial charge in [-0.15, -0.1) is 11.8 Å². The van der Waals surface area contributed by atoms with Crippen molar-refractivity contribution in [3.8, 4) is 0 Å². The van der Waals surface area contributed by atoms with Crippen LogP contribution in [0.4, 0.5) is 0 Å². The van der Waals surface area contributed by atoms with Crippen molar-refractivity contribution in [1.82, 2.24) is 0 Å². The van der Waals surface area contributed by atoms with E-state index in [1.165, 1.54) is 4.90 Å². The zero-order valence-corrected chi connectivity index (χ0v) is 14.0. The van der Waals surface area contributed by atoms with E-state index in [0.29, 0.717) is 18.4 Å². The quantitative estimate of drug-likeness (QED) is 0.315. The Balaban J connectivity index is 1.57. The molecule has 0 aromatic heterocycles. The number of ether oxygens (including phenoxy) is 1. The van der Waals surface area contributed by atoms with Crippen LogP contribution in [-0.2, 0) is 9.53 Å². The number of hydrogen-bond donors (Lipinski definition) is 0. The lowest BCUT2D eigenvalue weighted by atomic mass is 9.72. The Kier molecular flexibility index (Phi) is 4.92. The third-order valence-corrected chi connectivity index (χ3v) is 6.07. The van der Waals surface area contributed by atoms with Crippen LogP contribution in [0.1, 0.15) is 32.6 Å². The van der Waals surface area contributed by atoms with Crippen molar-refractivity contribution in [2.24, 2.45) is 17.3 Å². The van der Waals surface area contributed by atoms with Gasteiger partial charge in [-0.2, -0.15) is 0 Å². The van der Waals surface area contributed by atoms with Gasteiger partial charge in [-0.05, 0) is 62.3 Å². The van der Waals surface area contributed by atoms with E-state index in [0.717, 1.165) is 31.4 Å². The van der Waals surface area contributed by atoms with Gasteiger partial charge in [-0.25, -0.2) is 0 Å². The standard InChI is InChI=1S/C19H24O2S/c1-2-21-18(20)19(14-15-9-10-16(19)13-15)11-6-12-22-17-7-4-3-5-8-17/h3-5,7-10,15-16H,2,6,11-14H2,1H3/t15-,16+,19-/m0/s1. The maximum atomic E-state index is 12.6. The summed E-state index contributed by atoms with van der Waals surface area (Å²) < 4.78 is 5.42. The van der Waals surface area contributed by atoms with Gasteiger partial charge in [0, 0.05) is 4.90 Å². The molecule has 0 saturated heterocycles. The van der Waals surface area contributed by atoms with Gasteiger partial charge in [-0.1, -0.05) is 30.4 Å². The van der Waals surface area contributed by atoms with Crippen molar-refractivity contribution in [3.05, 3.63) is 42.5 Å². The number of carbonyl (C=O) groups excluding carboxylic acids is 1. The van der Waals surface area contributed by atoms with Crippen molar-refractivity contribution >= 4 is 17.7 Å². The Labute approximate surface area is 137 Å².